The molecular weight excluding hydrogens is 292 g/mol. The fourth-order valence-corrected chi connectivity index (χ4v) is 2.80. The third-order valence-corrected chi connectivity index (χ3v) is 3.96. The Morgan fingerprint density at radius 1 is 1.48 bits per heavy atom. The van der Waals surface area contributed by atoms with Gasteiger partial charge in [-0.3, -0.25) is 0 Å². The number of benzene rings is 1. The van der Waals surface area contributed by atoms with Crippen molar-refractivity contribution in [2.24, 2.45) is 0 Å². The van der Waals surface area contributed by atoms with Crippen LogP contribution in [0.1, 0.15) is 51.3 Å². The standard InChI is InChI=1S/C18H28N2O3/c1-13(15-7-5-6-14(10-15)12-21)19-16-8-9-20(11-16)17(22)23-18(2,3)4/h5-7,10,13,16,19,21H,8-9,11-12H2,1-4H3/t13-,16+/m1/s1. The van der Waals surface area contributed by atoms with Crippen molar-refractivity contribution < 1.29 is 14.6 Å². The van der Waals surface area contributed by atoms with Gasteiger partial charge in [0.15, 0.2) is 0 Å². The molecule has 1 aliphatic heterocycles. The second-order valence-corrected chi connectivity index (χ2v) is 7.20. The summed E-state index contributed by atoms with van der Waals surface area (Å²) in [6, 6.07) is 8.37. The lowest BCUT2D eigenvalue weighted by Gasteiger charge is -2.25. The smallest absolute Gasteiger partial charge is 0.410 e. The average Bonchev–Trinajstić information content (AvgIpc) is 2.94. The molecule has 1 aliphatic rings. The Labute approximate surface area is 138 Å². The van der Waals surface area contributed by atoms with Crippen LogP contribution in [0.25, 0.3) is 0 Å². The van der Waals surface area contributed by atoms with Crippen LogP contribution >= 0.6 is 0 Å². The molecule has 128 valence electrons. The van der Waals surface area contributed by atoms with Crippen LogP contribution in [0.3, 0.4) is 0 Å². The van der Waals surface area contributed by atoms with Crippen LogP contribution in [0.2, 0.25) is 0 Å². The van der Waals surface area contributed by atoms with Gasteiger partial charge >= 0.3 is 6.09 Å². The Balaban J connectivity index is 1.88. The first kappa shape index (κ1) is 17.8. The third kappa shape index (κ3) is 5.22. The second-order valence-electron chi connectivity index (χ2n) is 7.20. The Kier molecular flexibility index (Phi) is 5.65. The lowest BCUT2D eigenvalue weighted by atomic mass is 10.0. The molecular formula is C18H28N2O3. The lowest BCUT2D eigenvalue weighted by molar-refractivity contribution is 0.0290. The Morgan fingerprint density at radius 2 is 2.22 bits per heavy atom. The van der Waals surface area contributed by atoms with Gasteiger partial charge in [-0.1, -0.05) is 24.3 Å². The van der Waals surface area contributed by atoms with Crippen LogP contribution in [0, 0.1) is 0 Å². The van der Waals surface area contributed by atoms with Crippen molar-refractivity contribution >= 4 is 6.09 Å². The number of hydrogen-bond acceptors (Lipinski definition) is 4. The van der Waals surface area contributed by atoms with Gasteiger partial charge in [-0.15, -0.1) is 0 Å². The maximum absolute atomic E-state index is 12.1. The van der Waals surface area contributed by atoms with E-state index in [0.717, 1.165) is 24.1 Å². The van der Waals surface area contributed by atoms with E-state index in [-0.39, 0.29) is 24.8 Å². The Morgan fingerprint density at radius 3 is 2.87 bits per heavy atom. The molecule has 1 aromatic rings. The number of likely N-dealkylation sites (tertiary alicyclic amines) is 1. The van der Waals surface area contributed by atoms with E-state index >= 15 is 0 Å². The summed E-state index contributed by atoms with van der Waals surface area (Å²) in [5.41, 5.74) is 1.60. The summed E-state index contributed by atoms with van der Waals surface area (Å²) in [4.78, 5) is 13.9. The van der Waals surface area contributed by atoms with E-state index in [1.165, 1.54) is 0 Å². The van der Waals surface area contributed by atoms with E-state index in [1.807, 2.05) is 39.0 Å². The van der Waals surface area contributed by atoms with Gasteiger partial charge in [-0.2, -0.15) is 0 Å². The molecule has 0 radical (unpaired) electrons. The molecule has 0 aromatic heterocycles. The second kappa shape index (κ2) is 7.32. The van der Waals surface area contributed by atoms with Crippen LogP contribution in [0.4, 0.5) is 4.79 Å². The number of carbonyl (C=O) groups is 1. The van der Waals surface area contributed by atoms with E-state index in [4.69, 9.17) is 4.74 Å². The molecule has 2 atom stereocenters. The van der Waals surface area contributed by atoms with E-state index in [2.05, 4.69) is 18.3 Å². The van der Waals surface area contributed by atoms with Gasteiger partial charge in [0.2, 0.25) is 0 Å². The Bertz CT molecular complexity index is 539. The van der Waals surface area contributed by atoms with Crippen molar-refractivity contribution in [1.82, 2.24) is 10.2 Å². The van der Waals surface area contributed by atoms with E-state index in [9.17, 15) is 9.90 Å². The van der Waals surface area contributed by atoms with Gasteiger partial charge in [-0.05, 0) is 45.2 Å². The molecule has 1 saturated heterocycles. The molecule has 5 nitrogen and oxygen atoms in total. The maximum Gasteiger partial charge on any atom is 0.410 e. The first-order valence-corrected chi connectivity index (χ1v) is 8.22. The minimum Gasteiger partial charge on any atom is -0.444 e. The topological polar surface area (TPSA) is 61.8 Å². The van der Waals surface area contributed by atoms with Crippen molar-refractivity contribution in [1.29, 1.82) is 0 Å². The fraction of sp³-hybridized carbons (Fsp3) is 0.611. The molecule has 1 fully saturated rings. The zero-order valence-corrected chi connectivity index (χ0v) is 14.5. The van der Waals surface area contributed by atoms with Crippen LogP contribution in [0.15, 0.2) is 24.3 Å². The zero-order chi connectivity index (χ0) is 17.0. The first-order chi connectivity index (χ1) is 10.8. The highest BCUT2D eigenvalue weighted by Crippen LogP contribution is 2.20. The SMILES string of the molecule is C[C@@H](N[C@H]1CCN(C(=O)OC(C)(C)C)C1)c1cccc(CO)c1. The Hall–Kier alpha value is -1.59. The fourth-order valence-electron chi connectivity index (χ4n) is 2.80. The van der Waals surface area contributed by atoms with Gasteiger partial charge in [0.25, 0.3) is 0 Å². The van der Waals surface area contributed by atoms with Gasteiger partial charge < -0.3 is 20.1 Å². The highest BCUT2D eigenvalue weighted by molar-refractivity contribution is 5.68. The minimum absolute atomic E-state index is 0.0520. The van der Waals surface area contributed by atoms with E-state index in [0.29, 0.717) is 6.54 Å². The van der Waals surface area contributed by atoms with Crippen LogP contribution < -0.4 is 5.32 Å². The van der Waals surface area contributed by atoms with E-state index in [1.54, 1.807) is 4.90 Å². The molecule has 1 heterocycles. The maximum atomic E-state index is 12.1. The largest absolute Gasteiger partial charge is 0.444 e. The van der Waals surface area contributed by atoms with Gasteiger partial charge in [0.1, 0.15) is 5.60 Å². The summed E-state index contributed by atoms with van der Waals surface area (Å²) in [7, 11) is 0. The number of rotatable bonds is 4. The van der Waals surface area contributed by atoms with Crippen molar-refractivity contribution in [3.63, 3.8) is 0 Å². The van der Waals surface area contributed by atoms with Crippen molar-refractivity contribution in [3.8, 4) is 0 Å². The quantitative estimate of drug-likeness (QED) is 0.895. The molecule has 2 N–H and O–H groups in total. The third-order valence-electron chi connectivity index (χ3n) is 3.96. The average molecular weight is 320 g/mol. The molecule has 1 aromatic carbocycles. The van der Waals surface area contributed by atoms with Crippen molar-refractivity contribution in [2.75, 3.05) is 13.1 Å². The molecule has 0 saturated carbocycles. The number of carbonyl (C=O) groups excluding carboxylic acids is 1. The number of amides is 1. The minimum atomic E-state index is -0.458. The number of hydrogen-bond donors (Lipinski definition) is 2. The van der Waals surface area contributed by atoms with Crippen molar-refractivity contribution in [3.05, 3.63) is 35.4 Å². The molecule has 23 heavy (non-hydrogen) atoms. The summed E-state index contributed by atoms with van der Waals surface area (Å²) in [6.45, 7) is 9.19. The molecule has 1 amide bonds. The number of nitrogens with zero attached hydrogens (tertiary/aromatic N) is 1. The predicted octanol–water partition coefficient (Wildman–Crippen LogP) is 2.84. The van der Waals surface area contributed by atoms with E-state index < -0.39 is 5.60 Å². The molecule has 5 heteroatoms. The lowest BCUT2D eigenvalue weighted by Crippen LogP contribution is -2.39. The summed E-state index contributed by atoms with van der Waals surface area (Å²) in [5.74, 6) is 0. The monoisotopic (exact) mass is 320 g/mol. The predicted molar refractivity (Wildman–Crippen MR) is 90.1 cm³/mol. The molecule has 2 rings (SSSR count). The van der Waals surface area contributed by atoms with Crippen molar-refractivity contribution in [2.45, 2.75) is 58.4 Å². The first-order valence-electron chi connectivity index (χ1n) is 8.22. The number of ether oxygens (including phenoxy) is 1. The zero-order valence-electron chi connectivity index (χ0n) is 14.5. The molecule has 0 bridgehead atoms. The summed E-state index contributed by atoms with van der Waals surface area (Å²) < 4.78 is 5.42. The van der Waals surface area contributed by atoms with Crippen LogP contribution in [0.5, 0.6) is 0 Å². The van der Waals surface area contributed by atoms with Gasteiger partial charge in [-0.25, -0.2) is 4.79 Å². The molecule has 0 spiro atoms. The normalized spacial score (nSPS) is 19.7. The number of nitrogens with one attached hydrogen (secondary N) is 1. The highest BCUT2D eigenvalue weighted by Gasteiger charge is 2.30. The molecule has 0 unspecified atom stereocenters. The van der Waals surface area contributed by atoms with Crippen LogP contribution in [-0.2, 0) is 11.3 Å². The van der Waals surface area contributed by atoms with Gasteiger partial charge in [0.05, 0.1) is 6.61 Å². The number of aliphatic hydroxyl groups excluding tert-OH is 1. The number of aliphatic hydroxyl groups is 1. The van der Waals surface area contributed by atoms with Crippen LogP contribution in [-0.4, -0.2) is 40.8 Å². The highest BCUT2D eigenvalue weighted by atomic mass is 16.6. The summed E-state index contributed by atoms with van der Waals surface area (Å²) in [6.07, 6.45) is 0.681. The van der Waals surface area contributed by atoms with Gasteiger partial charge in [0, 0.05) is 25.2 Å². The summed E-state index contributed by atoms with van der Waals surface area (Å²) in [5, 5.41) is 12.8. The molecule has 0 aliphatic carbocycles. The summed E-state index contributed by atoms with van der Waals surface area (Å²) >= 11 is 0.